The molecule has 1 heterocycles. The number of aromatic nitrogens is 2. The maximum atomic E-state index is 12.4. The quantitative estimate of drug-likeness (QED) is 0.695. The Morgan fingerprint density at radius 1 is 1.15 bits per heavy atom. The molecule has 0 aliphatic carbocycles. The minimum atomic E-state index is -0.382. The Bertz CT molecular complexity index is 980. The van der Waals surface area contributed by atoms with Crippen LogP contribution in [0, 0.1) is 11.3 Å². The molecule has 3 aromatic rings. The molecule has 27 heavy (non-hydrogen) atoms. The first-order valence-corrected chi connectivity index (χ1v) is 8.32. The van der Waals surface area contributed by atoms with Crippen molar-refractivity contribution in [2.45, 2.75) is 6.92 Å². The van der Waals surface area contributed by atoms with Gasteiger partial charge in [0.1, 0.15) is 17.3 Å². The van der Waals surface area contributed by atoms with E-state index in [1.54, 1.807) is 30.3 Å². The molecule has 0 bridgehead atoms. The van der Waals surface area contributed by atoms with E-state index < -0.39 is 0 Å². The molecule has 0 saturated carbocycles. The van der Waals surface area contributed by atoms with Crippen LogP contribution < -0.4 is 15.4 Å². The molecule has 0 spiro atoms. The third kappa shape index (κ3) is 4.58. The zero-order valence-electron chi connectivity index (χ0n) is 14.6. The van der Waals surface area contributed by atoms with Crippen LogP contribution in [0.1, 0.15) is 23.0 Å². The van der Waals surface area contributed by atoms with Gasteiger partial charge in [0, 0.05) is 5.69 Å². The Hall–Kier alpha value is -3.92. The predicted octanol–water partition coefficient (Wildman–Crippen LogP) is 3.74. The number of para-hydroxylation sites is 2. The first-order valence-electron chi connectivity index (χ1n) is 8.32. The number of nitrogens with zero attached hydrogens (tertiary/aromatic N) is 3. The summed E-state index contributed by atoms with van der Waals surface area (Å²) in [4.78, 5) is 20.7. The SMILES string of the molecule is CCOc1ccccc1NC(=O)c1cnc(Nc2cccc(C#N)c2)cn1. The lowest BCUT2D eigenvalue weighted by Crippen LogP contribution is -2.15. The van der Waals surface area contributed by atoms with Crippen molar-refractivity contribution in [1.29, 1.82) is 5.26 Å². The van der Waals surface area contributed by atoms with Gasteiger partial charge in [-0.1, -0.05) is 18.2 Å². The number of hydrogen-bond donors (Lipinski definition) is 2. The number of rotatable bonds is 6. The summed E-state index contributed by atoms with van der Waals surface area (Å²) in [6.45, 7) is 2.38. The lowest BCUT2D eigenvalue weighted by Gasteiger charge is -2.11. The van der Waals surface area contributed by atoms with Crippen molar-refractivity contribution in [2.75, 3.05) is 17.2 Å². The first kappa shape index (κ1) is 17.9. The fourth-order valence-electron chi connectivity index (χ4n) is 2.36. The van der Waals surface area contributed by atoms with Gasteiger partial charge >= 0.3 is 0 Å². The van der Waals surface area contributed by atoms with E-state index in [2.05, 4.69) is 26.7 Å². The van der Waals surface area contributed by atoms with Crippen molar-refractivity contribution in [2.24, 2.45) is 0 Å². The zero-order valence-corrected chi connectivity index (χ0v) is 14.6. The second-order valence-corrected chi connectivity index (χ2v) is 5.49. The van der Waals surface area contributed by atoms with E-state index in [-0.39, 0.29) is 11.6 Å². The molecule has 0 aliphatic heterocycles. The number of nitriles is 1. The molecule has 0 saturated heterocycles. The molecule has 2 N–H and O–H groups in total. The maximum absolute atomic E-state index is 12.4. The number of carbonyl (C=O) groups is 1. The van der Waals surface area contributed by atoms with E-state index in [1.807, 2.05) is 25.1 Å². The van der Waals surface area contributed by atoms with Gasteiger partial charge in [0.15, 0.2) is 0 Å². The first-order chi connectivity index (χ1) is 13.2. The number of nitrogens with one attached hydrogen (secondary N) is 2. The minimum absolute atomic E-state index is 0.178. The normalized spacial score (nSPS) is 9.93. The van der Waals surface area contributed by atoms with E-state index >= 15 is 0 Å². The van der Waals surface area contributed by atoms with Gasteiger partial charge in [-0.15, -0.1) is 0 Å². The Morgan fingerprint density at radius 2 is 2.00 bits per heavy atom. The molecule has 7 heteroatoms. The number of amides is 1. The van der Waals surface area contributed by atoms with E-state index in [9.17, 15) is 4.79 Å². The van der Waals surface area contributed by atoms with Crippen molar-refractivity contribution in [3.8, 4) is 11.8 Å². The topological polar surface area (TPSA) is 99.9 Å². The summed E-state index contributed by atoms with van der Waals surface area (Å²) < 4.78 is 5.49. The van der Waals surface area contributed by atoms with Gasteiger partial charge in [-0.2, -0.15) is 5.26 Å². The Labute approximate surface area is 156 Å². The van der Waals surface area contributed by atoms with Crippen LogP contribution in [0.5, 0.6) is 5.75 Å². The summed E-state index contributed by atoms with van der Waals surface area (Å²) in [5.41, 5.74) is 2.00. The number of hydrogen-bond acceptors (Lipinski definition) is 6. The second-order valence-electron chi connectivity index (χ2n) is 5.49. The Morgan fingerprint density at radius 3 is 2.74 bits per heavy atom. The van der Waals surface area contributed by atoms with E-state index in [1.165, 1.54) is 12.4 Å². The van der Waals surface area contributed by atoms with Crippen LogP contribution in [0.4, 0.5) is 17.2 Å². The van der Waals surface area contributed by atoms with Crippen molar-refractivity contribution in [3.63, 3.8) is 0 Å². The van der Waals surface area contributed by atoms with Gasteiger partial charge in [-0.05, 0) is 37.3 Å². The second kappa shape index (κ2) is 8.45. The van der Waals surface area contributed by atoms with E-state index in [0.717, 1.165) is 0 Å². The van der Waals surface area contributed by atoms with Crippen molar-refractivity contribution in [3.05, 3.63) is 72.2 Å². The third-order valence-electron chi connectivity index (χ3n) is 3.58. The lowest BCUT2D eigenvalue weighted by atomic mass is 10.2. The van der Waals surface area contributed by atoms with Gasteiger partial charge in [0.05, 0.1) is 36.3 Å². The highest BCUT2D eigenvalue weighted by molar-refractivity contribution is 6.03. The predicted molar refractivity (Wildman–Crippen MR) is 102 cm³/mol. The highest BCUT2D eigenvalue weighted by Crippen LogP contribution is 2.24. The molecule has 0 aliphatic rings. The van der Waals surface area contributed by atoms with Crippen LogP contribution in [0.2, 0.25) is 0 Å². The standard InChI is InChI=1S/C20H17N5O2/c1-2-27-18-9-4-3-8-16(18)25-20(26)17-12-23-19(13-22-17)24-15-7-5-6-14(10-15)11-21/h3-10,12-13H,2H2,1H3,(H,23,24)(H,25,26). The number of ether oxygens (including phenoxy) is 1. The van der Waals surface area contributed by atoms with Crippen LogP contribution in [0.15, 0.2) is 60.9 Å². The van der Waals surface area contributed by atoms with Crippen molar-refractivity contribution in [1.82, 2.24) is 9.97 Å². The molecule has 1 aromatic heterocycles. The summed E-state index contributed by atoms with van der Waals surface area (Å²) in [5, 5.41) is 14.8. The lowest BCUT2D eigenvalue weighted by molar-refractivity contribution is 0.102. The van der Waals surface area contributed by atoms with Crippen LogP contribution in [0.3, 0.4) is 0 Å². The summed E-state index contributed by atoms with van der Waals surface area (Å²) >= 11 is 0. The van der Waals surface area contributed by atoms with Gasteiger partial charge in [-0.25, -0.2) is 9.97 Å². The molecule has 2 aromatic carbocycles. The Kier molecular flexibility index (Phi) is 5.60. The van der Waals surface area contributed by atoms with Gasteiger partial charge < -0.3 is 15.4 Å². The summed E-state index contributed by atoms with van der Waals surface area (Å²) in [6, 6.07) is 16.3. The summed E-state index contributed by atoms with van der Waals surface area (Å²) in [6.07, 6.45) is 2.84. The van der Waals surface area contributed by atoms with Crippen LogP contribution in [-0.4, -0.2) is 22.5 Å². The molecular formula is C20H17N5O2. The zero-order chi connectivity index (χ0) is 19.1. The van der Waals surface area contributed by atoms with Crippen LogP contribution in [0.25, 0.3) is 0 Å². The molecule has 134 valence electrons. The molecular weight excluding hydrogens is 342 g/mol. The van der Waals surface area contributed by atoms with Gasteiger partial charge in [0.2, 0.25) is 0 Å². The molecule has 1 amide bonds. The molecule has 0 fully saturated rings. The average molecular weight is 359 g/mol. The highest BCUT2D eigenvalue weighted by atomic mass is 16.5. The minimum Gasteiger partial charge on any atom is -0.492 e. The highest BCUT2D eigenvalue weighted by Gasteiger charge is 2.11. The summed E-state index contributed by atoms with van der Waals surface area (Å²) in [5.74, 6) is 0.681. The van der Waals surface area contributed by atoms with E-state index in [0.29, 0.717) is 35.1 Å². The molecule has 0 radical (unpaired) electrons. The number of carbonyl (C=O) groups excluding carboxylic acids is 1. The number of anilines is 3. The third-order valence-corrected chi connectivity index (χ3v) is 3.58. The van der Waals surface area contributed by atoms with Crippen LogP contribution >= 0.6 is 0 Å². The maximum Gasteiger partial charge on any atom is 0.275 e. The molecule has 7 nitrogen and oxygen atoms in total. The number of benzene rings is 2. The van der Waals surface area contributed by atoms with Gasteiger partial charge in [0.25, 0.3) is 5.91 Å². The largest absolute Gasteiger partial charge is 0.492 e. The summed E-state index contributed by atoms with van der Waals surface area (Å²) in [7, 11) is 0. The van der Waals surface area contributed by atoms with Gasteiger partial charge in [-0.3, -0.25) is 4.79 Å². The van der Waals surface area contributed by atoms with Crippen LogP contribution in [-0.2, 0) is 0 Å². The molecule has 3 rings (SSSR count). The Balaban J connectivity index is 1.70. The van der Waals surface area contributed by atoms with Crippen molar-refractivity contribution >= 4 is 23.1 Å². The fraction of sp³-hybridized carbons (Fsp3) is 0.100. The smallest absolute Gasteiger partial charge is 0.275 e. The fourth-order valence-corrected chi connectivity index (χ4v) is 2.36. The average Bonchev–Trinajstić information content (AvgIpc) is 2.70. The molecule has 0 atom stereocenters. The monoisotopic (exact) mass is 359 g/mol. The van der Waals surface area contributed by atoms with Crippen molar-refractivity contribution < 1.29 is 9.53 Å². The van der Waals surface area contributed by atoms with E-state index in [4.69, 9.17) is 10.00 Å². The molecule has 0 unspecified atom stereocenters.